The van der Waals surface area contributed by atoms with Crippen molar-refractivity contribution in [1.29, 1.82) is 0 Å². The summed E-state index contributed by atoms with van der Waals surface area (Å²) in [4.78, 5) is 35.4. The van der Waals surface area contributed by atoms with Gasteiger partial charge in [-0.15, -0.1) is 0 Å². The number of hydrogen-bond donors (Lipinski definition) is 2. The van der Waals surface area contributed by atoms with E-state index in [4.69, 9.17) is 33.7 Å². The van der Waals surface area contributed by atoms with Crippen molar-refractivity contribution in [3.05, 3.63) is 69.7 Å². The van der Waals surface area contributed by atoms with Gasteiger partial charge in [-0.1, -0.05) is 53.5 Å². The van der Waals surface area contributed by atoms with E-state index in [1.165, 1.54) is 18.2 Å². The van der Waals surface area contributed by atoms with Crippen molar-refractivity contribution < 1.29 is 19.1 Å². The van der Waals surface area contributed by atoms with Crippen molar-refractivity contribution in [2.45, 2.75) is 6.10 Å². The second-order valence-electron chi connectivity index (χ2n) is 4.99. The molecule has 6 nitrogen and oxygen atoms in total. The summed E-state index contributed by atoms with van der Waals surface area (Å²) in [6.45, 7) is -0.450. The number of carbonyl (C=O) groups excluding carboxylic acids is 3. The largest absolute Gasteiger partial charge is 0.446 e. The molecule has 0 aromatic heterocycles. The Morgan fingerprint density at radius 2 is 1.76 bits per heavy atom. The van der Waals surface area contributed by atoms with Gasteiger partial charge in [0, 0.05) is 10.6 Å². The zero-order valence-electron chi connectivity index (χ0n) is 12.9. The molecule has 3 N–H and O–H groups in total. The third kappa shape index (κ3) is 5.20. The molecule has 2 aromatic carbocycles. The van der Waals surface area contributed by atoms with Crippen LogP contribution in [0.3, 0.4) is 0 Å². The molecule has 0 saturated heterocycles. The highest BCUT2D eigenvalue weighted by Crippen LogP contribution is 2.21. The molecule has 2 amide bonds. The Morgan fingerprint density at radius 3 is 2.36 bits per heavy atom. The molecule has 0 fully saturated rings. The Balaban J connectivity index is 1.97. The van der Waals surface area contributed by atoms with Crippen molar-refractivity contribution in [2.24, 2.45) is 5.73 Å². The lowest BCUT2D eigenvalue weighted by atomic mass is 10.1. The summed E-state index contributed by atoms with van der Waals surface area (Å²) in [6.07, 6.45) is -1.23. The van der Waals surface area contributed by atoms with E-state index >= 15 is 0 Å². The van der Waals surface area contributed by atoms with Gasteiger partial charge in [-0.05, 0) is 18.2 Å². The van der Waals surface area contributed by atoms with Crippen LogP contribution in [0.4, 0.5) is 0 Å². The number of ether oxygens (including phenoxy) is 1. The van der Waals surface area contributed by atoms with Crippen LogP contribution in [0.15, 0.2) is 48.5 Å². The smallest absolute Gasteiger partial charge is 0.326 e. The number of esters is 1. The van der Waals surface area contributed by atoms with Crippen LogP contribution in [0, 0.1) is 0 Å². The fourth-order valence-corrected chi connectivity index (χ4v) is 2.51. The van der Waals surface area contributed by atoms with Gasteiger partial charge >= 0.3 is 5.97 Å². The van der Waals surface area contributed by atoms with Crippen molar-refractivity contribution in [1.82, 2.24) is 5.32 Å². The topological polar surface area (TPSA) is 98.5 Å². The molecule has 1 atom stereocenters. The van der Waals surface area contributed by atoms with Gasteiger partial charge in [-0.25, -0.2) is 0 Å². The molecule has 2 aromatic rings. The number of benzene rings is 2. The van der Waals surface area contributed by atoms with E-state index in [1.807, 2.05) is 0 Å². The van der Waals surface area contributed by atoms with Gasteiger partial charge in [0.25, 0.3) is 11.8 Å². The number of halogens is 2. The zero-order valence-corrected chi connectivity index (χ0v) is 14.4. The van der Waals surface area contributed by atoms with Crippen LogP contribution in [0.5, 0.6) is 0 Å². The van der Waals surface area contributed by atoms with Gasteiger partial charge in [0.2, 0.25) is 6.10 Å². The van der Waals surface area contributed by atoms with Crippen LogP contribution in [0.1, 0.15) is 22.0 Å². The predicted molar refractivity (Wildman–Crippen MR) is 93.3 cm³/mol. The number of primary amides is 1. The number of rotatable bonds is 6. The van der Waals surface area contributed by atoms with Crippen molar-refractivity contribution in [3.8, 4) is 0 Å². The molecule has 2 rings (SSSR count). The number of nitrogens with one attached hydrogen (secondary N) is 1. The van der Waals surface area contributed by atoms with E-state index in [9.17, 15) is 14.4 Å². The number of hydrogen-bond acceptors (Lipinski definition) is 4. The van der Waals surface area contributed by atoms with E-state index in [0.29, 0.717) is 10.6 Å². The Kier molecular flexibility index (Phi) is 6.38. The molecule has 130 valence electrons. The van der Waals surface area contributed by atoms with Gasteiger partial charge in [-0.2, -0.15) is 0 Å². The number of amides is 2. The monoisotopic (exact) mass is 380 g/mol. The minimum Gasteiger partial charge on any atom is -0.446 e. The summed E-state index contributed by atoms with van der Waals surface area (Å²) < 4.78 is 5.05. The summed E-state index contributed by atoms with van der Waals surface area (Å²) in [5, 5.41) is 2.89. The van der Waals surface area contributed by atoms with Gasteiger partial charge < -0.3 is 15.8 Å². The fourth-order valence-electron chi connectivity index (χ4n) is 2.01. The summed E-state index contributed by atoms with van der Waals surface area (Å²) in [7, 11) is 0. The van der Waals surface area contributed by atoms with Crippen molar-refractivity contribution in [2.75, 3.05) is 6.54 Å². The Bertz CT molecular complexity index is 796. The number of carbonyl (C=O) groups is 3. The normalized spacial score (nSPS) is 11.4. The maximum Gasteiger partial charge on any atom is 0.326 e. The van der Waals surface area contributed by atoms with E-state index in [2.05, 4.69) is 5.32 Å². The van der Waals surface area contributed by atoms with Gasteiger partial charge in [-0.3, -0.25) is 14.4 Å². The fraction of sp³-hybridized carbons (Fsp3) is 0.118. The second kappa shape index (κ2) is 8.50. The predicted octanol–water partition coefficient (Wildman–Crippen LogP) is 2.49. The molecule has 0 spiro atoms. The van der Waals surface area contributed by atoms with Crippen molar-refractivity contribution in [3.63, 3.8) is 0 Å². The molecule has 0 radical (unpaired) electrons. The number of nitrogens with two attached hydrogens (primary N) is 1. The molecule has 1 unspecified atom stereocenters. The van der Waals surface area contributed by atoms with Crippen LogP contribution < -0.4 is 11.1 Å². The summed E-state index contributed by atoms with van der Waals surface area (Å²) in [5.41, 5.74) is 5.87. The SMILES string of the molecule is NC(=O)C(OC(=O)CNC(=O)c1ccc(Cl)cc1Cl)c1ccccc1. The maximum absolute atomic E-state index is 12.0. The Morgan fingerprint density at radius 1 is 1.08 bits per heavy atom. The second-order valence-corrected chi connectivity index (χ2v) is 5.83. The molecule has 8 heteroatoms. The van der Waals surface area contributed by atoms with Crippen LogP contribution in [-0.2, 0) is 14.3 Å². The minimum atomic E-state index is -1.23. The first kappa shape index (κ1) is 18.8. The summed E-state index contributed by atoms with van der Waals surface area (Å²) >= 11 is 11.7. The van der Waals surface area contributed by atoms with E-state index < -0.39 is 30.4 Å². The highest BCUT2D eigenvalue weighted by atomic mass is 35.5. The molecule has 0 bridgehead atoms. The lowest BCUT2D eigenvalue weighted by Crippen LogP contribution is -2.34. The molecule has 0 aliphatic rings. The van der Waals surface area contributed by atoms with E-state index in [-0.39, 0.29) is 10.6 Å². The van der Waals surface area contributed by atoms with Crippen LogP contribution >= 0.6 is 23.2 Å². The third-order valence-electron chi connectivity index (χ3n) is 3.18. The Hall–Kier alpha value is -2.57. The van der Waals surface area contributed by atoms with Gasteiger partial charge in [0.15, 0.2) is 0 Å². The minimum absolute atomic E-state index is 0.151. The molecule has 0 saturated carbocycles. The molecule has 0 aliphatic heterocycles. The molecule has 0 aliphatic carbocycles. The van der Waals surface area contributed by atoms with Crippen molar-refractivity contribution >= 4 is 41.0 Å². The van der Waals surface area contributed by atoms with Gasteiger partial charge in [0.1, 0.15) is 6.54 Å². The van der Waals surface area contributed by atoms with Gasteiger partial charge in [0.05, 0.1) is 10.6 Å². The van der Waals surface area contributed by atoms with E-state index in [0.717, 1.165) is 0 Å². The maximum atomic E-state index is 12.0. The highest BCUT2D eigenvalue weighted by molar-refractivity contribution is 6.36. The quantitative estimate of drug-likeness (QED) is 0.751. The first-order valence-corrected chi connectivity index (χ1v) is 7.91. The van der Waals surface area contributed by atoms with Crippen LogP contribution in [0.2, 0.25) is 10.0 Å². The first-order valence-electron chi connectivity index (χ1n) is 7.15. The average molecular weight is 381 g/mol. The molecular weight excluding hydrogens is 367 g/mol. The highest BCUT2D eigenvalue weighted by Gasteiger charge is 2.22. The summed E-state index contributed by atoms with van der Waals surface area (Å²) in [5.74, 6) is -2.20. The summed E-state index contributed by atoms with van der Waals surface area (Å²) in [6, 6.07) is 12.7. The molecular formula is C17H14Cl2N2O4. The Labute approximate surface area is 153 Å². The zero-order chi connectivity index (χ0) is 18.4. The standard InChI is InChI=1S/C17H14Cl2N2O4/c18-11-6-7-12(13(19)8-11)17(24)21-9-14(22)25-15(16(20)23)10-4-2-1-3-5-10/h1-8,15H,9H2,(H2,20,23)(H,21,24). The lowest BCUT2D eigenvalue weighted by molar-refractivity contribution is -0.154. The van der Waals surface area contributed by atoms with E-state index in [1.54, 1.807) is 30.3 Å². The molecule has 0 heterocycles. The third-order valence-corrected chi connectivity index (χ3v) is 3.73. The first-order chi connectivity index (χ1) is 11.9. The lowest BCUT2D eigenvalue weighted by Gasteiger charge is -2.15. The van der Waals surface area contributed by atoms with Crippen LogP contribution in [-0.4, -0.2) is 24.3 Å². The molecule has 25 heavy (non-hydrogen) atoms. The average Bonchev–Trinajstić information content (AvgIpc) is 2.58. The van der Waals surface area contributed by atoms with Crippen LogP contribution in [0.25, 0.3) is 0 Å².